The van der Waals surface area contributed by atoms with Gasteiger partial charge >= 0.3 is 0 Å². The average Bonchev–Trinajstić information content (AvgIpc) is 2.68. The van der Waals surface area contributed by atoms with Crippen molar-refractivity contribution in [3.63, 3.8) is 0 Å². The summed E-state index contributed by atoms with van der Waals surface area (Å²) in [4.78, 5) is 2.34. The molecule has 1 aromatic carbocycles. The van der Waals surface area contributed by atoms with Gasteiger partial charge in [-0.2, -0.15) is 0 Å². The Morgan fingerprint density at radius 1 is 1.00 bits per heavy atom. The van der Waals surface area contributed by atoms with E-state index in [0.717, 1.165) is 30.7 Å². The molecule has 0 heterocycles. The minimum atomic E-state index is 0.123. The number of aryl methyl sites for hydroxylation is 1. The van der Waals surface area contributed by atoms with Crippen molar-refractivity contribution in [2.75, 3.05) is 78.2 Å². The van der Waals surface area contributed by atoms with Gasteiger partial charge < -0.3 is 23.6 Å². The summed E-state index contributed by atoms with van der Waals surface area (Å²) in [5.74, 6) is 0. The number of hydrogen-bond acceptors (Lipinski definition) is 4. The molecule has 0 N–H and O–H groups in total. The van der Waals surface area contributed by atoms with Crippen molar-refractivity contribution in [3.05, 3.63) is 29.8 Å². The largest absolute Gasteiger partial charge is 0.377 e. The zero-order chi connectivity index (χ0) is 21.5. The molecule has 29 heavy (non-hydrogen) atoms. The summed E-state index contributed by atoms with van der Waals surface area (Å²) in [5.41, 5.74) is 2.55. The van der Waals surface area contributed by atoms with Crippen LogP contribution in [0.5, 0.6) is 0 Å². The molecule has 0 radical (unpaired) electrons. The van der Waals surface area contributed by atoms with E-state index in [1.807, 2.05) is 0 Å². The number of quaternary nitrogens is 1. The highest BCUT2D eigenvalue weighted by molar-refractivity contribution is 5.48. The highest BCUT2D eigenvalue weighted by Gasteiger charge is 2.14. The van der Waals surface area contributed by atoms with Crippen LogP contribution in [0.4, 0.5) is 5.69 Å². The van der Waals surface area contributed by atoms with Crippen molar-refractivity contribution in [1.82, 2.24) is 0 Å². The highest BCUT2D eigenvalue weighted by atomic mass is 16.5. The number of benzene rings is 1. The second-order valence-electron chi connectivity index (χ2n) is 8.52. The predicted molar refractivity (Wildman–Crippen MR) is 123 cm³/mol. The van der Waals surface area contributed by atoms with Crippen LogP contribution in [-0.2, 0) is 14.2 Å². The summed E-state index contributed by atoms with van der Waals surface area (Å²) in [5, 5.41) is 0. The molecule has 0 saturated carbocycles. The van der Waals surface area contributed by atoms with E-state index in [4.69, 9.17) is 14.2 Å². The third kappa shape index (κ3) is 12.2. The second-order valence-corrected chi connectivity index (χ2v) is 8.52. The van der Waals surface area contributed by atoms with E-state index in [1.165, 1.54) is 30.6 Å². The number of nitrogens with zero attached hydrogens (tertiary/aromatic N) is 2. The lowest BCUT2D eigenvalue weighted by atomic mass is 10.2. The first-order valence-electron chi connectivity index (χ1n) is 11.3. The van der Waals surface area contributed by atoms with Gasteiger partial charge in [0, 0.05) is 18.8 Å². The molecule has 0 saturated heterocycles. The van der Waals surface area contributed by atoms with Crippen LogP contribution in [0.1, 0.15) is 39.2 Å². The topological polar surface area (TPSA) is 30.9 Å². The SMILES string of the molecule is CCCC[N+](C)(C)CCOC(C)COCCOCCN(CC)c1cccc(C)c1. The Kier molecular flexibility index (Phi) is 13.2. The van der Waals surface area contributed by atoms with E-state index < -0.39 is 0 Å². The molecule has 0 aliphatic rings. The number of likely N-dealkylation sites (N-methyl/N-ethyl adjacent to an activating group) is 2. The lowest BCUT2D eigenvalue weighted by molar-refractivity contribution is -0.891. The van der Waals surface area contributed by atoms with Crippen LogP contribution in [0.25, 0.3) is 0 Å². The average molecular weight is 410 g/mol. The minimum absolute atomic E-state index is 0.123. The van der Waals surface area contributed by atoms with Gasteiger partial charge in [-0.05, 0) is 44.9 Å². The number of hydrogen-bond donors (Lipinski definition) is 0. The third-order valence-corrected chi connectivity index (χ3v) is 5.19. The smallest absolute Gasteiger partial charge is 0.102 e. The van der Waals surface area contributed by atoms with Crippen LogP contribution in [-0.4, -0.2) is 83.9 Å². The first kappa shape index (κ1) is 25.9. The molecule has 0 aliphatic heterocycles. The zero-order valence-electron chi connectivity index (χ0n) is 19.8. The molecular weight excluding hydrogens is 364 g/mol. The van der Waals surface area contributed by atoms with Gasteiger partial charge in [-0.15, -0.1) is 0 Å². The van der Waals surface area contributed by atoms with Crippen molar-refractivity contribution in [3.8, 4) is 0 Å². The van der Waals surface area contributed by atoms with Gasteiger partial charge in [0.05, 0.1) is 59.8 Å². The number of rotatable bonds is 17. The van der Waals surface area contributed by atoms with Gasteiger partial charge in [-0.3, -0.25) is 0 Å². The summed E-state index contributed by atoms with van der Waals surface area (Å²) in [7, 11) is 4.55. The van der Waals surface area contributed by atoms with Gasteiger partial charge in [0.25, 0.3) is 0 Å². The van der Waals surface area contributed by atoms with Crippen molar-refractivity contribution in [2.45, 2.75) is 46.6 Å². The molecule has 0 fully saturated rings. The molecule has 0 spiro atoms. The number of ether oxygens (including phenoxy) is 3. The molecule has 5 nitrogen and oxygen atoms in total. The van der Waals surface area contributed by atoms with Crippen LogP contribution >= 0.6 is 0 Å². The lowest BCUT2D eigenvalue weighted by Crippen LogP contribution is -2.43. The summed E-state index contributed by atoms with van der Waals surface area (Å²) in [6.07, 6.45) is 2.64. The summed E-state index contributed by atoms with van der Waals surface area (Å²) in [6, 6.07) is 8.61. The van der Waals surface area contributed by atoms with Crippen molar-refractivity contribution in [1.29, 1.82) is 0 Å². The van der Waals surface area contributed by atoms with Crippen molar-refractivity contribution < 1.29 is 18.7 Å². The Bertz CT molecular complexity index is 537. The lowest BCUT2D eigenvalue weighted by Gasteiger charge is -2.30. The molecule has 5 heteroatoms. The fraction of sp³-hybridized carbons (Fsp3) is 0.750. The van der Waals surface area contributed by atoms with Crippen LogP contribution < -0.4 is 4.90 Å². The van der Waals surface area contributed by atoms with Gasteiger partial charge in [0.2, 0.25) is 0 Å². The van der Waals surface area contributed by atoms with Gasteiger partial charge in [-0.25, -0.2) is 0 Å². The van der Waals surface area contributed by atoms with Gasteiger partial charge in [-0.1, -0.05) is 25.5 Å². The van der Waals surface area contributed by atoms with Crippen molar-refractivity contribution in [2.24, 2.45) is 0 Å². The normalized spacial score (nSPS) is 12.9. The molecule has 0 aromatic heterocycles. The maximum Gasteiger partial charge on any atom is 0.102 e. The molecule has 1 atom stereocenters. The second kappa shape index (κ2) is 14.8. The minimum Gasteiger partial charge on any atom is -0.377 e. The Morgan fingerprint density at radius 2 is 1.76 bits per heavy atom. The highest BCUT2D eigenvalue weighted by Crippen LogP contribution is 2.15. The Morgan fingerprint density at radius 3 is 2.45 bits per heavy atom. The van der Waals surface area contributed by atoms with E-state index in [-0.39, 0.29) is 6.10 Å². The maximum atomic E-state index is 5.90. The van der Waals surface area contributed by atoms with Gasteiger partial charge in [0.1, 0.15) is 6.54 Å². The van der Waals surface area contributed by atoms with E-state index in [9.17, 15) is 0 Å². The van der Waals surface area contributed by atoms with Crippen LogP contribution in [0.15, 0.2) is 24.3 Å². The molecule has 1 aromatic rings. The van der Waals surface area contributed by atoms with Crippen LogP contribution in [0.3, 0.4) is 0 Å². The summed E-state index contributed by atoms with van der Waals surface area (Å²) < 4.78 is 18.4. The molecule has 0 amide bonds. The van der Waals surface area contributed by atoms with E-state index >= 15 is 0 Å². The van der Waals surface area contributed by atoms with Gasteiger partial charge in [0.15, 0.2) is 0 Å². The van der Waals surface area contributed by atoms with E-state index in [1.54, 1.807) is 0 Å². The maximum absolute atomic E-state index is 5.90. The molecule has 0 bridgehead atoms. The zero-order valence-corrected chi connectivity index (χ0v) is 19.8. The number of unbranched alkanes of at least 4 members (excludes halogenated alkanes) is 1. The fourth-order valence-electron chi connectivity index (χ4n) is 3.19. The molecular formula is C24H45N2O3+. The fourth-order valence-corrected chi connectivity index (χ4v) is 3.19. The van der Waals surface area contributed by atoms with E-state index in [2.05, 4.69) is 71.0 Å². The standard InChI is InChI=1S/C24H45N2O3/c1-7-9-14-26(5,6)15-17-29-23(4)21-28-19-18-27-16-13-25(8-2)24-12-10-11-22(3)20-24/h10-12,20,23H,7-9,13-19,21H2,1-6H3/q+1. The first-order chi connectivity index (χ1) is 13.9. The Hall–Kier alpha value is -1.14. The number of anilines is 1. The molecule has 168 valence electrons. The predicted octanol–water partition coefficient (Wildman–Crippen LogP) is 4.14. The Balaban J connectivity index is 2.06. The quantitative estimate of drug-likeness (QED) is 0.286. The van der Waals surface area contributed by atoms with E-state index in [0.29, 0.717) is 26.4 Å². The van der Waals surface area contributed by atoms with Crippen molar-refractivity contribution >= 4 is 5.69 Å². The summed E-state index contributed by atoms with van der Waals surface area (Å²) >= 11 is 0. The monoisotopic (exact) mass is 409 g/mol. The third-order valence-electron chi connectivity index (χ3n) is 5.19. The van der Waals surface area contributed by atoms with Crippen LogP contribution in [0.2, 0.25) is 0 Å². The molecule has 0 aliphatic carbocycles. The molecule has 1 unspecified atom stereocenters. The molecule has 1 rings (SSSR count). The Labute approximate surface area is 179 Å². The van der Waals surface area contributed by atoms with Crippen LogP contribution in [0, 0.1) is 6.92 Å². The summed E-state index contributed by atoms with van der Waals surface area (Å²) in [6.45, 7) is 16.1. The first-order valence-corrected chi connectivity index (χ1v) is 11.3.